The predicted molar refractivity (Wildman–Crippen MR) is 107 cm³/mol. The molecule has 1 aliphatic rings. The van der Waals surface area contributed by atoms with E-state index in [0.717, 1.165) is 30.6 Å². The minimum Gasteiger partial charge on any atom is -0.335 e. The first-order valence-electron chi connectivity index (χ1n) is 8.92. The van der Waals surface area contributed by atoms with Gasteiger partial charge >= 0.3 is 0 Å². The zero-order chi connectivity index (χ0) is 18.4. The summed E-state index contributed by atoms with van der Waals surface area (Å²) in [6, 6.07) is 18.1. The van der Waals surface area contributed by atoms with Crippen LogP contribution in [-0.2, 0) is 9.59 Å². The van der Waals surface area contributed by atoms with Crippen LogP contribution in [0.5, 0.6) is 0 Å². The number of thioether (sulfide) groups is 1. The predicted octanol–water partition coefficient (Wildman–Crippen LogP) is 4.03. The molecule has 1 heterocycles. The van der Waals surface area contributed by atoms with E-state index >= 15 is 0 Å². The van der Waals surface area contributed by atoms with E-state index in [0.29, 0.717) is 5.75 Å². The smallest absolute Gasteiger partial charge is 0.234 e. The summed E-state index contributed by atoms with van der Waals surface area (Å²) < 4.78 is 0. The Hall–Kier alpha value is -2.27. The molecule has 1 aliphatic heterocycles. The molecule has 2 aromatic rings. The highest BCUT2D eigenvalue weighted by Gasteiger charge is 2.29. The molecule has 0 bridgehead atoms. The molecule has 0 saturated carbocycles. The maximum atomic E-state index is 12.6. The van der Waals surface area contributed by atoms with Crippen molar-refractivity contribution in [3.05, 3.63) is 65.7 Å². The van der Waals surface area contributed by atoms with Gasteiger partial charge in [-0.1, -0.05) is 48.0 Å². The fourth-order valence-corrected chi connectivity index (χ4v) is 3.93. The molecule has 1 N–H and O–H groups in total. The molecule has 1 atom stereocenters. The number of carbonyl (C=O) groups excluding carboxylic acids is 2. The monoisotopic (exact) mass is 368 g/mol. The summed E-state index contributed by atoms with van der Waals surface area (Å²) in [5.74, 6) is 0.658. The second-order valence-corrected chi connectivity index (χ2v) is 7.55. The summed E-state index contributed by atoms with van der Waals surface area (Å²) in [5.41, 5.74) is 3.14. The second kappa shape index (κ2) is 8.90. The zero-order valence-corrected chi connectivity index (χ0v) is 15.8. The van der Waals surface area contributed by atoms with Gasteiger partial charge in [-0.25, -0.2) is 0 Å². The Morgan fingerprint density at radius 1 is 1.08 bits per heavy atom. The van der Waals surface area contributed by atoms with E-state index in [2.05, 4.69) is 17.4 Å². The Morgan fingerprint density at radius 3 is 2.54 bits per heavy atom. The highest BCUT2D eigenvalue weighted by atomic mass is 32.2. The van der Waals surface area contributed by atoms with Crippen molar-refractivity contribution in [2.75, 3.05) is 23.4 Å². The van der Waals surface area contributed by atoms with Gasteiger partial charge in [-0.15, -0.1) is 11.8 Å². The van der Waals surface area contributed by atoms with E-state index < -0.39 is 0 Å². The van der Waals surface area contributed by atoms with Crippen LogP contribution in [-0.4, -0.2) is 34.8 Å². The zero-order valence-electron chi connectivity index (χ0n) is 15.0. The van der Waals surface area contributed by atoms with Gasteiger partial charge in [0.1, 0.15) is 0 Å². The van der Waals surface area contributed by atoms with Crippen molar-refractivity contribution in [2.24, 2.45) is 0 Å². The number of rotatable bonds is 6. The minimum absolute atomic E-state index is 0.0762. The first-order valence-corrected chi connectivity index (χ1v) is 10.1. The molecule has 1 saturated heterocycles. The molecule has 0 spiro atoms. The Bertz CT molecular complexity index is 746. The van der Waals surface area contributed by atoms with Crippen molar-refractivity contribution < 1.29 is 9.59 Å². The topological polar surface area (TPSA) is 49.4 Å². The molecular formula is C21H24N2O2S. The summed E-state index contributed by atoms with van der Waals surface area (Å²) in [7, 11) is 0. The van der Waals surface area contributed by atoms with Gasteiger partial charge in [0.2, 0.25) is 11.8 Å². The van der Waals surface area contributed by atoms with Crippen LogP contribution in [0.4, 0.5) is 5.69 Å². The molecule has 26 heavy (non-hydrogen) atoms. The van der Waals surface area contributed by atoms with E-state index in [1.165, 1.54) is 17.3 Å². The summed E-state index contributed by atoms with van der Waals surface area (Å²) in [5, 5.41) is 2.86. The quantitative estimate of drug-likeness (QED) is 0.837. The van der Waals surface area contributed by atoms with Gasteiger partial charge in [-0.3, -0.25) is 9.59 Å². The van der Waals surface area contributed by atoms with Crippen LogP contribution < -0.4 is 5.32 Å². The van der Waals surface area contributed by atoms with Crippen molar-refractivity contribution in [2.45, 2.75) is 25.8 Å². The van der Waals surface area contributed by atoms with Crippen molar-refractivity contribution in [1.82, 2.24) is 4.90 Å². The summed E-state index contributed by atoms with van der Waals surface area (Å²) in [6.07, 6.45) is 2.04. The third kappa shape index (κ3) is 4.88. The van der Waals surface area contributed by atoms with Gasteiger partial charge in [0, 0.05) is 12.2 Å². The van der Waals surface area contributed by atoms with Crippen molar-refractivity contribution in [3.63, 3.8) is 0 Å². The Balaban J connectivity index is 1.46. The molecule has 136 valence electrons. The lowest BCUT2D eigenvalue weighted by molar-refractivity contribution is -0.129. The number of amides is 2. The molecule has 0 aromatic heterocycles. The number of nitrogens with one attached hydrogen (secondary N) is 1. The number of carbonyl (C=O) groups is 2. The fourth-order valence-electron chi connectivity index (χ4n) is 3.23. The minimum atomic E-state index is -0.0762. The number of nitrogens with zero attached hydrogens (tertiary/aromatic N) is 1. The number of anilines is 1. The first-order chi connectivity index (χ1) is 12.6. The highest BCUT2D eigenvalue weighted by molar-refractivity contribution is 8.00. The average Bonchev–Trinajstić information content (AvgIpc) is 3.14. The number of hydrogen-bond donors (Lipinski definition) is 1. The van der Waals surface area contributed by atoms with Gasteiger partial charge in [-0.05, 0) is 37.5 Å². The van der Waals surface area contributed by atoms with Gasteiger partial charge in [0.05, 0.1) is 17.5 Å². The van der Waals surface area contributed by atoms with E-state index in [1.807, 2.05) is 54.3 Å². The number of hydrogen-bond acceptors (Lipinski definition) is 3. The number of aryl methyl sites for hydroxylation is 1. The van der Waals surface area contributed by atoms with Crippen molar-refractivity contribution in [3.8, 4) is 0 Å². The van der Waals surface area contributed by atoms with E-state index in [1.54, 1.807) is 0 Å². The lowest BCUT2D eigenvalue weighted by Gasteiger charge is -2.25. The van der Waals surface area contributed by atoms with Gasteiger partial charge in [-0.2, -0.15) is 0 Å². The number of benzene rings is 2. The third-order valence-electron chi connectivity index (χ3n) is 4.55. The van der Waals surface area contributed by atoms with Crippen LogP contribution in [0.15, 0.2) is 54.6 Å². The van der Waals surface area contributed by atoms with E-state index in [4.69, 9.17) is 0 Å². The summed E-state index contributed by atoms with van der Waals surface area (Å²) in [4.78, 5) is 26.6. The lowest BCUT2D eigenvalue weighted by atomic mass is 10.0. The van der Waals surface area contributed by atoms with E-state index in [-0.39, 0.29) is 23.6 Å². The Labute approximate surface area is 159 Å². The summed E-state index contributed by atoms with van der Waals surface area (Å²) >= 11 is 1.37. The third-order valence-corrected chi connectivity index (χ3v) is 5.47. The Kier molecular flexibility index (Phi) is 6.34. The average molecular weight is 369 g/mol. The molecule has 4 nitrogen and oxygen atoms in total. The highest BCUT2D eigenvalue weighted by Crippen LogP contribution is 2.32. The molecule has 3 rings (SSSR count). The molecule has 2 amide bonds. The molecule has 1 fully saturated rings. The second-order valence-electron chi connectivity index (χ2n) is 6.56. The molecular weight excluding hydrogens is 344 g/mol. The van der Waals surface area contributed by atoms with Crippen LogP contribution in [0.2, 0.25) is 0 Å². The van der Waals surface area contributed by atoms with Crippen LogP contribution in [0, 0.1) is 6.92 Å². The van der Waals surface area contributed by atoms with Gasteiger partial charge in [0.25, 0.3) is 0 Å². The van der Waals surface area contributed by atoms with Crippen molar-refractivity contribution >= 4 is 29.3 Å². The first kappa shape index (κ1) is 18.5. The van der Waals surface area contributed by atoms with Crippen LogP contribution in [0.1, 0.15) is 30.0 Å². The fraction of sp³-hybridized carbons (Fsp3) is 0.333. The summed E-state index contributed by atoms with van der Waals surface area (Å²) in [6.45, 7) is 2.81. The lowest BCUT2D eigenvalue weighted by Crippen LogP contribution is -2.32. The largest absolute Gasteiger partial charge is 0.335 e. The van der Waals surface area contributed by atoms with Crippen LogP contribution in [0.25, 0.3) is 0 Å². The van der Waals surface area contributed by atoms with Gasteiger partial charge < -0.3 is 10.2 Å². The maximum Gasteiger partial charge on any atom is 0.234 e. The molecule has 1 unspecified atom stereocenters. The van der Waals surface area contributed by atoms with E-state index in [9.17, 15) is 9.59 Å². The molecule has 0 radical (unpaired) electrons. The molecule has 2 aromatic carbocycles. The number of likely N-dealkylation sites (tertiary alicyclic amines) is 1. The standard InChI is InChI=1S/C21H24N2O2S/c1-16-9-11-18(12-10-16)22-20(24)14-26-15-21(25)23-13-5-8-19(23)17-6-3-2-4-7-17/h2-4,6-7,9-12,19H,5,8,13-15H2,1H3,(H,22,24). The van der Waals surface area contributed by atoms with Crippen LogP contribution in [0.3, 0.4) is 0 Å². The van der Waals surface area contributed by atoms with Crippen molar-refractivity contribution in [1.29, 1.82) is 0 Å². The van der Waals surface area contributed by atoms with Crippen LogP contribution >= 0.6 is 11.8 Å². The normalized spacial score (nSPS) is 16.5. The Morgan fingerprint density at radius 2 is 1.81 bits per heavy atom. The molecule has 0 aliphatic carbocycles. The van der Waals surface area contributed by atoms with Gasteiger partial charge in [0.15, 0.2) is 0 Å². The maximum absolute atomic E-state index is 12.6. The molecule has 5 heteroatoms. The SMILES string of the molecule is Cc1ccc(NC(=O)CSCC(=O)N2CCCC2c2ccccc2)cc1.